The zero-order valence-electron chi connectivity index (χ0n) is 11.6. The van der Waals surface area contributed by atoms with E-state index < -0.39 is 10.0 Å². The Kier molecular flexibility index (Phi) is 6.06. The van der Waals surface area contributed by atoms with Crippen LogP contribution in [0.5, 0.6) is 0 Å². The second-order valence-corrected chi connectivity index (χ2v) is 7.64. The summed E-state index contributed by atoms with van der Waals surface area (Å²) in [5.41, 5.74) is 0. The Balaban J connectivity index is 1.60. The highest BCUT2D eigenvalue weighted by Gasteiger charge is 2.19. The topological polar surface area (TPSA) is 67.4 Å². The van der Waals surface area contributed by atoms with Crippen LogP contribution in [0.15, 0.2) is 0 Å². The van der Waals surface area contributed by atoms with Crippen LogP contribution in [0.2, 0.25) is 0 Å². The van der Waals surface area contributed by atoms with Crippen LogP contribution >= 0.6 is 0 Å². The zero-order valence-corrected chi connectivity index (χ0v) is 12.4. The minimum Gasteiger partial charge on any atom is -0.381 e. The molecule has 2 N–H and O–H groups in total. The summed E-state index contributed by atoms with van der Waals surface area (Å²) in [7, 11) is -3.08. The van der Waals surface area contributed by atoms with Crippen LogP contribution in [0.3, 0.4) is 0 Å². The Morgan fingerprint density at radius 1 is 1.11 bits per heavy atom. The number of hydrogen-bond acceptors (Lipinski definition) is 4. The van der Waals surface area contributed by atoms with E-state index in [9.17, 15) is 8.42 Å². The van der Waals surface area contributed by atoms with Gasteiger partial charge in [0.15, 0.2) is 0 Å². The van der Waals surface area contributed by atoms with Crippen molar-refractivity contribution in [2.24, 2.45) is 11.8 Å². The van der Waals surface area contributed by atoms with Gasteiger partial charge in [0.2, 0.25) is 10.0 Å². The van der Waals surface area contributed by atoms with E-state index in [1.165, 1.54) is 0 Å². The Morgan fingerprint density at radius 2 is 1.89 bits per heavy atom. The fourth-order valence-corrected chi connectivity index (χ4v) is 4.01. The maximum Gasteiger partial charge on any atom is 0.211 e. The number of nitrogens with one attached hydrogen (secondary N) is 2. The lowest BCUT2D eigenvalue weighted by Gasteiger charge is -2.22. The zero-order chi connectivity index (χ0) is 13.6. The normalized spacial score (nSPS) is 25.8. The number of ether oxygens (including phenoxy) is 1. The first-order valence-corrected chi connectivity index (χ1v) is 9.07. The van der Waals surface area contributed by atoms with Gasteiger partial charge in [-0.15, -0.1) is 0 Å². The Labute approximate surface area is 116 Å². The molecule has 5 nitrogen and oxygen atoms in total. The van der Waals surface area contributed by atoms with Gasteiger partial charge in [0.25, 0.3) is 0 Å². The first-order chi connectivity index (χ1) is 9.16. The Bertz CT molecular complexity index is 347. The Hall–Kier alpha value is -0.170. The molecule has 0 aromatic heterocycles. The van der Waals surface area contributed by atoms with Crippen molar-refractivity contribution in [3.05, 3.63) is 0 Å². The van der Waals surface area contributed by atoms with Crippen LogP contribution in [0.4, 0.5) is 0 Å². The standard InChI is InChI=1S/C13H26N2O3S/c16-19(17,10-5-12-1-6-14-7-2-12)15-8-3-13-4-9-18-11-13/h12-15H,1-11H2. The lowest BCUT2D eigenvalue weighted by atomic mass is 9.96. The molecule has 0 radical (unpaired) electrons. The van der Waals surface area contributed by atoms with Gasteiger partial charge in [-0.2, -0.15) is 0 Å². The maximum absolute atomic E-state index is 11.9. The van der Waals surface area contributed by atoms with E-state index >= 15 is 0 Å². The molecule has 19 heavy (non-hydrogen) atoms. The van der Waals surface area contributed by atoms with E-state index in [0.29, 0.717) is 18.4 Å². The molecule has 1 unspecified atom stereocenters. The van der Waals surface area contributed by atoms with Gasteiger partial charge in [-0.25, -0.2) is 13.1 Å². The van der Waals surface area contributed by atoms with Gasteiger partial charge < -0.3 is 10.1 Å². The summed E-state index contributed by atoms with van der Waals surface area (Å²) in [6.07, 6.45) is 4.97. The molecular weight excluding hydrogens is 264 g/mol. The lowest BCUT2D eigenvalue weighted by molar-refractivity contribution is 0.184. The average molecular weight is 290 g/mol. The van der Waals surface area contributed by atoms with Crippen molar-refractivity contribution < 1.29 is 13.2 Å². The number of sulfonamides is 1. The second kappa shape index (κ2) is 7.57. The van der Waals surface area contributed by atoms with E-state index in [1.54, 1.807) is 0 Å². The summed E-state index contributed by atoms with van der Waals surface area (Å²) >= 11 is 0. The van der Waals surface area contributed by atoms with Crippen LogP contribution in [-0.4, -0.2) is 47.0 Å². The summed E-state index contributed by atoms with van der Waals surface area (Å²) in [4.78, 5) is 0. The van der Waals surface area contributed by atoms with Crippen molar-refractivity contribution in [2.75, 3.05) is 38.6 Å². The van der Waals surface area contributed by atoms with Crippen molar-refractivity contribution in [1.29, 1.82) is 0 Å². The molecule has 0 aliphatic carbocycles. The molecule has 2 aliphatic heterocycles. The van der Waals surface area contributed by atoms with Crippen molar-refractivity contribution in [1.82, 2.24) is 10.0 Å². The van der Waals surface area contributed by atoms with Crippen LogP contribution in [0.25, 0.3) is 0 Å². The summed E-state index contributed by atoms with van der Waals surface area (Å²) in [5.74, 6) is 1.38. The summed E-state index contributed by atoms with van der Waals surface area (Å²) in [5, 5.41) is 3.30. The first-order valence-electron chi connectivity index (χ1n) is 7.41. The highest BCUT2D eigenvalue weighted by molar-refractivity contribution is 7.89. The van der Waals surface area contributed by atoms with E-state index in [-0.39, 0.29) is 5.75 Å². The number of piperidine rings is 1. The molecule has 0 amide bonds. The van der Waals surface area contributed by atoms with Gasteiger partial charge in [0.1, 0.15) is 0 Å². The van der Waals surface area contributed by atoms with Gasteiger partial charge >= 0.3 is 0 Å². The molecule has 1 atom stereocenters. The smallest absolute Gasteiger partial charge is 0.211 e. The van der Waals surface area contributed by atoms with E-state index in [2.05, 4.69) is 10.0 Å². The fraction of sp³-hybridized carbons (Fsp3) is 1.00. The highest BCUT2D eigenvalue weighted by atomic mass is 32.2. The molecule has 112 valence electrons. The summed E-state index contributed by atoms with van der Waals surface area (Å²) in [6.45, 7) is 4.23. The monoisotopic (exact) mass is 290 g/mol. The number of rotatable bonds is 7. The van der Waals surface area contributed by atoms with E-state index in [4.69, 9.17) is 4.74 Å². The molecule has 2 fully saturated rings. The van der Waals surface area contributed by atoms with Crippen LogP contribution < -0.4 is 10.0 Å². The van der Waals surface area contributed by atoms with E-state index in [1.807, 2.05) is 0 Å². The van der Waals surface area contributed by atoms with Gasteiger partial charge in [0.05, 0.1) is 5.75 Å². The molecule has 2 rings (SSSR count). The molecule has 2 heterocycles. The minimum absolute atomic E-state index is 0.277. The van der Waals surface area contributed by atoms with Crippen LogP contribution in [0.1, 0.15) is 32.1 Å². The lowest BCUT2D eigenvalue weighted by Crippen LogP contribution is -2.32. The first kappa shape index (κ1) is 15.2. The SMILES string of the molecule is O=S(=O)(CCC1CCNCC1)NCCC1CCOC1. The molecule has 6 heteroatoms. The summed E-state index contributed by atoms with van der Waals surface area (Å²) < 4.78 is 31.8. The van der Waals surface area contributed by atoms with E-state index in [0.717, 1.165) is 58.4 Å². The summed E-state index contributed by atoms with van der Waals surface area (Å²) in [6, 6.07) is 0. The molecule has 0 bridgehead atoms. The third-order valence-electron chi connectivity index (χ3n) is 4.15. The number of hydrogen-bond donors (Lipinski definition) is 2. The molecular formula is C13H26N2O3S. The third kappa shape index (κ3) is 5.77. The predicted octanol–water partition coefficient (Wildman–Crippen LogP) is 0.722. The van der Waals surface area contributed by atoms with Gasteiger partial charge in [-0.05, 0) is 57.0 Å². The quantitative estimate of drug-likeness (QED) is 0.725. The molecule has 2 aliphatic rings. The molecule has 2 saturated heterocycles. The maximum atomic E-state index is 11.9. The van der Waals surface area contributed by atoms with Crippen LogP contribution in [-0.2, 0) is 14.8 Å². The predicted molar refractivity (Wildman–Crippen MR) is 75.5 cm³/mol. The molecule has 0 spiro atoms. The van der Waals surface area contributed by atoms with Gasteiger partial charge in [0, 0.05) is 19.8 Å². The largest absolute Gasteiger partial charge is 0.381 e. The fourth-order valence-electron chi connectivity index (χ4n) is 2.79. The van der Waals surface area contributed by atoms with Crippen molar-refractivity contribution >= 4 is 10.0 Å². The minimum atomic E-state index is -3.08. The highest BCUT2D eigenvalue weighted by Crippen LogP contribution is 2.17. The van der Waals surface area contributed by atoms with Crippen molar-refractivity contribution in [3.8, 4) is 0 Å². The van der Waals surface area contributed by atoms with Gasteiger partial charge in [-0.1, -0.05) is 0 Å². The second-order valence-electron chi connectivity index (χ2n) is 5.71. The van der Waals surface area contributed by atoms with Crippen LogP contribution in [0, 0.1) is 11.8 Å². The molecule has 0 saturated carbocycles. The third-order valence-corrected chi connectivity index (χ3v) is 5.57. The van der Waals surface area contributed by atoms with Crippen molar-refractivity contribution in [3.63, 3.8) is 0 Å². The Morgan fingerprint density at radius 3 is 2.58 bits per heavy atom. The average Bonchev–Trinajstić information content (AvgIpc) is 2.91. The van der Waals surface area contributed by atoms with Crippen molar-refractivity contribution in [2.45, 2.75) is 32.1 Å². The molecule has 0 aromatic rings. The van der Waals surface area contributed by atoms with Gasteiger partial charge in [-0.3, -0.25) is 0 Å². The molecule has 0 aromatic carbocycles.